The minimum Gasteiger partial charge on any atom is -0.478 e. The van der Waals surface area contributed by atoms with Crippen molar-refractivity contribution in [2.24, 2.45) is 0 Å². The zero-order valence-electron chi connectivity index (χ0n) is 27.8. The van der Waals surface area contributed by atoms with E-state index in [-0.39, 0.29) is 22.5 Å². The summed E-state index contributed by atoms with van der Waals surface area (Å²) in [6.07, 6.45) is 15.4. The monoisotopic (exact) mass is 697 g/mol. The summed E-state index contributed by atoms with van der Waals surface area (Å²) in [5.41, 5.74) is 5.46. The molecule has 2 aliphatic heterocycles. The average Bonchev–Trinajstić information content (AvgIpc) is 3.34. The van der Waals surface area contributed by atoms with Crippen LogP contribution in [0.5, 0.6) is 0 Å². The second-order valence-corrected chi connectivity index (χ2v) is 16.3. The van der Waals surface area contributed by atoms with Crippen LogP contribution in [0.4, 0.5) is 11.4 Å². The summed E-state index contributed by atoms with van der Waals surface area (Å²) >= 11 is 0. The van der Waals surface area contributed by atoms with Gasteiger partial charge >= 0.3 is 5.97 Å². The van der Waals surface area contributed by atoms with Gasteiger partial charge in [-0.25, -0.2) is 4.79 Å². The van der Waals surface area contributed by atoms with E-state index in [1.54, 1.807) is 18.2 Å². The fourth-order valence-electron chi connectivity index (χ4n) is 6.53. The van der Waals surface area contributed by atoms with Gasteiger partial charge in [-0.05, 0) is 62.9 Å². The molecular weight excluding hydrogens is 653 g/mol. The van der Waals surface area contributed by atoms with E-state index in [9.17, 15) is 26.7 Å². The molecule has 2 aromatic carbocycles. The van der Waals surface area contributed by atoms with Gasteiger partial charge in [-0.3, -0.25) is 9.11 Å². The molecule has 0 fully saturated rings. The van der Waals surface area contributed by atoms with E-state index < -0.39 is 31.6 Å². The van der Waals surface area contributed by atoms with Crippen molar-refractivity contribution in [2.45, 2.75) is 64.2 Å². The normalized spacial score (nSPS) is 18.1. The minimum absolute atomic E-state index is 0.197. The Balaban J connectivity index is 1.53. The van der Waals surface area contributed by atoms with Crippen molar-refractivity contribution in [2.75, 3.05) is 29.5 Å². The molecule has 0 saturated carbocycles. The van der Waals surface area contributed by atoms with Crippen LogP contribution in [0.25, 0.3) is 0 Å². The molecule has 0 amide bonds. The molecule has 0 saturated heterocycles. The van der Waals surface area contributed by atoms with Crippen molar-refractivity contribution >= 4 is 43.3 Å². The number of nitrogens with zero attached hydrogens (tertiary/aromatic N) is 2. The molecule has 4 rings (SSSR count). The second-order valence-electron chi connectivity index (χ2n) is 13.2. The van der Waals surface area contributed by atoms with Crippen LogP contribution in [0.3, 0.4) is 0 Å². The maximum Gasteiger partial charge on any atom is 0.335 e. The van der Waals surface area contributed by atoms with Gasteiger partial charge in [0, 0.05) is 47.5 Å². The van der Waals surface area contributed by atoms with Gasteiger partial charge < -0.3 is 10.0 Å². The number of rotatable bonds is 15. The zero-order chi connectivity index (χ0) is 35.3. The summed E-state index contributed by atoms with van der Waals surface area (Å²) in [6, 6.07) is 13.2. The zero-order valence-corrected chi connectivity index (χ0v) is 29.5. The van der Waals surface area contributed by atoms with Crippen molar-refractivity contribution in [1.82, 2.24) is 0 Å². The molecule has 0 unspecified atom stereocenters. The first-order chi connectivity index (χ1) is 22.4. The number of carboxylic acid groups (broad SMARTS) is 1. The second kappa shape index (κ2) is 14.7. The van der Waals surface area contributed by atoms with E-state index >= 15 is 0 Å². The van der Waals surface area contributed by atoms with E-state index in [0.717, 1.165) is 28.3 Å². The Morgan fingerprint density at radius 1 is 0.792 bits per heavy atom. The topological polar surface area (TPSA) is 152 Å². The molecule has 0 spiro atoms. The SMILES string of the molecule is CC1(C)C(/C=C/C=C/C=C/C=C2/N(CCCCS(=O)(=O)O)c3ccc(C(=O)O)cc3C2(C)C)=[N+](CCCCS(=O)(=O)O)c2ccccc21. The largest absolute Gasteiger partial charge is 0.478 e. The van der Waals surface area contributed by atoms with Crippen LogP contribution in [0, 0.1) is 0 Å². The third kappa shape index (κ3) is 8.79. The quantitative estimate of drug-likeness (QED) is 0.0826. The van der Waals surface area contributed by atoms with E-state index in [0.29, 0.717) is 38.8 Å². The number of benzene rings is 2. The highest BCUT2D eigenvalue weighted by molar-refractivity contribution is 7.86. The lowest BCUT2D eigenvalue weighted by Crippen LogP contribution is -2.28. The van der Waals surface area contributed by atoms with Crippen molar-refractivity contribution in [3.63, 3.8) is 0 Å². The van der Waals surface area contributed by atoms with E-state index in [1.807, 2.05) is 62.4 Å². The highest BCUT2D eigenvalue weighted by Gasteiger charge is 2.44. The first-order valence-electron chi connectivity index (χ1n) is 16.0. The summed E-state index contributed by atoms with van der Waals surface area (Å²) in [5.74, 6) is -1.59. The Bertz CT molecular complexity index is 1920. The molecule has 258 valence electrons. The molecular formula is C36H45N2O8S2+. The van der Waals surface area contributed by atoms with Gasteiger partial charge in [0.15, 0.2) is 5.71 Å². The van der Waals surface area contributed by atoms with E-state index in [1.165, 1.54) is 5.56 Å². The third-order valence-electron chi connectivity index (χ3n) is 8.96. The lowest BCUT2D eigenvalue weighted by atomic mass is 9.81. The summed E-state index contributed by atoms with van der Waals surface area (Å²) in [4.78, 5) is 13.8. The maximum atomic E-state index is 11.7. The Morgan fingerprint density at radius 3 is 2.08 bits per heavy atom. The lowest BCUT2D eigenvalue weighted by molar-refractivity contribution is -0.438. The summed E-state index contributed by atoms with van der Waals surface area (Å²) in [7, 11) is -8.05. The van der Waals surface area contributed by atoms with Gasteiger partial charge in [0.1, 0.15) is 6.54 Å². The van der Waals surface area contributed by atoms with Crippen LogP contribution in [0.15, 0.2) is 90.7 Å². The standard InChI is InChI=1S/C36H44N2O8S2/c1-35(2)28-16-10-11-17-30(28)37(22-12-14-24-47(41,42)43)32(35)18-8-6-5-7-9-19-33-36(3,4)29-26-27(34(39)40)20-21-31(29)38(33)23-13-15-25-48(44,45)46/h5-11,16-21,26H,12-15,22-25H2,1-4H3,(H2-,39,40,41,42,43,44,45,46)/p+1. The molecule has 2 heterocycles. The van der Waals surface area contributed by atoms with Gasteiger partial charge in [-0.2, -0.15) is 21.4 Å². The Morgan fingerprint density at radius 2 is 1.42 bits per heavy atom. The number of allylic oxidation sites excluding steroid dienone is 8. The predicted molar refractivity (Wildman–Crippen MR) is 190 cm³/mol. The van der Waals surface area contributed by atoms with E-state index in [4.69, 9.17) is 9.11 Å². The van der Waals surface area contributed by atoms with Gasteiger partial charge in [-0.1, -0.05) is 62.4 Å². The van der Waals surface area contributed by atoms with Crippen LogP contribution in [0.2, 0.25) is 0 Å². The van der Waals surface area contributed by atoms with E-state index in [2.05, 4.69) is 41.5 Å². The summed E-state index contributed by atoms with van der Waals surface area (Å²) < 4.78 is 65.3. The molecule has 0 bridgehead atoms. The Labute approximate surface area is 284 Å². The van der Waals surface area contributed by atoms with Crippen LogP contribution >= 0.6 is 0 Å². The van der Waals surface area contributed by atoms with Crippen molar-refractivity contribution < 1.29 is 40.4 Å². The third-order valence-corrected chi connectivity index (χ3v) is 10.6. The minimum atomic E-state index is -4.05. The number of fused-ring (bicyclic) bond motifs is 2. The van der Waals surface area contributed by atoms with Crippen molar-refractivity contribution in [3.05, 3.63) is 107 Å². The number of hydrogen-bond donors (Lipinski definition) is 3. The number of carbonyl (C=O) groups is 1. The molecule has 10 nitrogen and oxygen atoms in total. The van der Waals surface area contributed by atoms with Crippen molar-refractivity contribution in [3.8, 4) is 0 Å². The van der Waals surface area contributed by atoms with Crippen LogP contribution < -0.4 is 4.90 Å². The Hall–Kier alpha value is -3.84. The average molecular weight is 698 g/mol. The highest BCUT2D eigenvalue weighted by Crippen LogP contribution is 2.48. The first-order valence-corrected chi connectivity index (χ1v) is 19.2. The lowest BCUT2D eigenvalue weighted by Gasteiger charge is -2.27. The number of unbranched alkanes of at least 4 members (excludes halogenated alkanes) is 2. The number of aromatic carboxylic acids is 1. The molecule has 2 aromatic rings. The van der Waals surface area contributed by atoms with Crippen LogP contribution in [-0.2, 0) is 31.1 Å². The molecule has 0 atom stereocenters. The molecule has 48 heavy (non-hydrogen) atoms. The van der Waals surface area contributed by atoms with Crippen LogP contribution in [0.1, 0.15) is 74.9 Å². The highest BCUT2D eigenvalue weighted by atomic mass is 32.2. The smallest absolute Gasteiger partial charge is 0.335 e. The number of para-hydroxylation sites is 1. The number of anilines is 1. The van der Waals surface area contributed by atoms with Gasteiger partial charge in [-0.15, -0.1) is 0 Å². The maximum absolute atomic E-state index is 11.7. The number of carboxylic acids is 1. The fraction of sp³-hybridized carbons (Fsp3) is 0.389. The molecule has 12 heteroatoms. The molecule has 2 aliphatic rings. The Kier molecular flexibility index (Phi) is 11.4. The molecule has 0 aromatic heterocycles. The molecule has 3 N–H and O–H groups in total. The van der Waals surface area contributed by atoms with Crippen molar-refractivity contribution in [1.29, 1.82) is 0 Å². The molecule has 0 radical (unpaired) electrons. The fourth-order valence-corrected chi connectivity index (χ4v) is 7.66. The summed E-state index contributed by atoms with van der Waals surface area (Å²) in [5, 5.41) is 9.58. The van der Waals surface area contributed by atoms with Gasteiger partial charge in [0.05, 0.1) is 22.5 Å². The predicted octanol–water partition coefficient (Wildman–Crippen LogP) is 6.45. The van der Waals surface area contributed by atoms with Crippen LogP contribution in [-0.4, -0.2) is 71.9 Å². The summed E-state index contributed by atoms with van der Waals surface area (Å²) in [6.45, 7) is 9.50. The first kappa shape index (κ1) is 37.0. The molecule has 0 aliphatic carbocycles. The number of hydrogen-bond acceptors (Lipinski definition) is 6. The van der Waals surface area contributed by atoms with Gasteiger partial charge in [0.2, 0.25) is 5.69 Å². The van der Waals surface area contributed by atoms with Gasteiger partial charge in [0.25, 0.3) is 20.2 Å².